The molecule has 0 spiro atoms. The van der Waals surface area contributed by atoms with Gasteiger partial charge in [0.25, 0.3) is 11.8 Å². The second-order valence-electron chi connectivity index (χ2n) is 9.60. The van der Waals surface area contributed by atoms with Crippen molar-refractivity contribution in [2.24, 2.45) is 0 Å². The lowest BCUT2D eigenvalue weighted by Crippen LogP contribution is -2.16. The molecular formula is C31H26F3N5O5S. The molecule has 0 atom stereocenters. The van der Waals surface area contributed by atoms with Crippen LogP contribution in [0.1, 0.15) is 31.8 Å². The van der Waals surface area contributed by atoms with Crippen molar-refractivity contribution in [2.45, 2.75) is 13.1 Å². The number of carbonyl (C=O) groups is 2. The van der Waals surface area contributed by atoms with Gasteiger partial charge in [-0.25, -0.2) is 9.97 Å². The molecule has 5 rings (SSSR count). The molecule has 2 aromatic heterocycles. The second-order valence-corrected chi connectivity index (χ2v) is 10.5. The van der Waals surface area contributed by atoms with Crippen LogP contribution in [-0.2, 0) is 6.18 Å². The van der Waals surface area contributed by atoms with E-state index in [2.05, 4.69) is 25.9 Å². The Morgan fingerprint density at radius 1 is 0.844 bits per heavy atom. The van der Waals surface area contributed by atoms with Crippen LogP contribution in [0.15, 0.2) is 66.3 Å². The van der Waals surface area contributed by atoms with Gasteiger partial charge in [0.1, 0.15) is 6.33 Å². The van der Waals surface area contributed by atoms with Crippen LogP contribution in [0.2, 0.25) is 0 Å². The van der Waals surface area contributed by atoms with Crippen LogP contribution in [0.4, 0.5) is 36.1 Å². The Hall–Kier alpha value is -5.37. The van der Waals surface area contributed by atoms with Crippen LogP contribution in [0, 0.1) is 6.92 Å². The first-order chi connectivity index (χ1) is 21.5. The fourth-order valence-electron chi connectivity index (χ4n) is 4.46. The average molecular weight is 638 g/mol. The number of amides is 2. The molecule has 0 aliphatic rings. The molecule has 0 saturated heterocycles. The highest BCUT2D eigenvalue weighted by Gasteiger charge is 2.30. The first-order valence-electron chi connectivity index (χ1n) is 13.2. The number of carbonyl (C=O) groups excluding carboxylic acids is 2. The van der Waals surface area contributed by atoms with Gasteiger partial charge < -0.3 is 30.2 Å². The van der Waals surface area contributed by atoms with E-state index >= 15 is 0 Å². The summed E-state index contributed by atoms with van der Waals surface area (Å²) in [4.78, 5) is 35.0. The van der Waals surface area contributed by atoms with Gasteiger partial charge in [-0.05, 0) is 42.8 Å². The molecule has 0 aliphatic heterocycles. The number of hydrogen-bond acceptors (Lipinski definition) is 9. The minimum atomic E-state index is -4.55. The number of fused-ring (bicyclic) bond motifs is 1. The fourth-order valence-corrected chi connectivity index (χ4v) is 5.40. The van der Waals surface area contributed by atoms with E-state index < -0.39 is 23.6 Å². The lowest BCUT2D eigenvalue weighted by atomic mass is 10.1. The van der Waals surface area contributed by atoms with Crippen molar-refractivity contribution in [3.05, 3.63) is 88.6 Å². The predicted octanol–water partition coefficient (Wildman–Crippen LogP) is 7.29. The van der Waals surface area contributed by atoms with Gasteiger partial charge in [0, 0.05) is 40.1 Å². The minimum absolute atomic E-state index is 0.0126. The van der Waals surface area contributed by atoms with E-state index in [1.54, 1.807) is 30.5 Å². The maximum atomic E-state index is 13.4. The van der Waals surface area contributed by atoms with Gasteiger partial charge in [0.2, 0.25) is 5.75 Å². The maximum Gasteiger partial charge on any atom is 0.416 e. The number of benzene rings is 3. The zero-order chi connectivity index (χ0) is 32.3. The highest BCUT2D eigenvalue weighted by Crippen LogP contribution is 2.41. The van der Waals surface area contributed by atoms with E-state index in [1.165, 1.54) is 63.3 Å². The number of anilines is 4. The van der Waals surface area contributed by atoms with Gasteiger partial charge in [0.05, 0.1) is 42.7 Å². The molecule has 3 N–H and O–H groups in total. The lowest BCUT2D eigenvalue weighted by Gasteiger charge is -2.15. The van der Waals surface area contributed by atoms with Crippen molar-refractivity contribution in [2.75, 3.05) is 37.3 Å². The Balaban J connectivity index is 1.37. The number of ether oxygens (including phenoxy) is 3. The predicted molar refractivity (Wildman–Crippen MR) is 165 cm³/mol. The minimum Gasteiger partial charge on any atom is -0.493 e. The van der Waals surface area contributed by atoms with Gasteiger partial charge in [-0.1, -0.05) is 12.1 Å². The van der Waals surface area contributed by atoms with Crippen LogP contribution < -0.4 is 30.2 Å². The van der Waals surface area contributed by atoms with Crippen molar-refractivity contribution < 1.29 is 37.0 Å². The molecule has 0 bridgehead atoms. The van der Waals surface area contributed by atoms with Crippen molar-refractivity contribution >= 4 is 56.2 Å². The quantitative estimate of drug-likeness (QED) is 0.154. The molecule has 0 radical (unpaired) electrons. The number of aryl methyl sites for hydroxylation is 1. The van der Waals surface area contributed by atoms with Gasteiger partial charge in [0.15, 0.2) is 17.3 Å². The Morgan fingerprint density at radius 3 is 2.24 bits per heavy atom. The van der Waals surface area contributed by atoms with E-state index in [9.17, 15) is 22.8 Å². The third kappa shape index (κ3) is 6.60. The van der Waals surface area contributed by atoms with Crippen LogP contribution in [0.3, 0.4) is 0 Å². The average Bonchev–Trinajstić information content (AvgIpc) is 3.46. The molecule has 14 heteroatoms. The Morgan fingerprint density at radius 2 is 1.58 bits per heavy atom. The van der Waals surface area contributed by atoms with E-state index in [0.29, 0.717) is 50.2 Å². The molecule has 0 saturated carbocycles. The van der Waals surface area contributed by atoms with Crippen molar-refractivity contribution in [3.63, 3.8) is 0 Å². The SMILES string of the molecule is COc1cc(Nc2ncnc3c(C(=O)Nc4cc(C(=O)Nc5cccc(C(F)(F)F)c5)ccc4C)csc23)cc(OC)c1OC. The summed E-state index contributed by atoms with van der Waals surface area (Å²) in [5.41, 5.74) is 1.54. The normalized spacial score (nSPS) is 11.2. The second kappa shape index (κ2) is 12.7. The number of alkyl halides is 3. The number of methoxy groups -OCH3 is 3. The first-order valence-corrected chi connectivity index (χ1v) is 14.1. The van der Waals surface area contributed by atoms with Gasteiger partial charge in [-0.3, -0.25) is 9.59 Å². The summed E-state index contributed by atoms with van der Waals surface area (Å²) in [5.74, 6) is 0.649. The number of nitrogens with one attached hydrogen (secondary N) is 3. The van der Waals surface area contributed by atoms with E-state index in [0.717, 1.165) is 12.1 Å². The molecule has 5 aromatic rings. The molecule has 2 amide bonds. The molecule has 0 fully saturated rings. The monoisotopic (exact) mass is 637 g/mol. The van der Waals surface area contributed by atoms with E-state index in [4.69, 9.17) is 14.2 Å². The van der Waals surface area contributed by atoms with Crippen LogP contribution in [-0.4, -0.2) is 43.1 Å². The topological polar surface area (TPSA) is 124 Å². The van der Waals surface area contributed by atoms with Crippen molar-refractivity contribution in [1.29, 1.82) is 0 Å². The fraction of sp³-hybridized carbons (Fsp3) is 0.161. The summed E-state index contributed by atoms with van der Waals surface area (Å²) < 4.78 is 56.1. The number of halogens is 3. The Kier molecular flexibility index (Phi) is 8.77. The van der Waals surface area contributed by atoms with E-state index in [1.807, 2.05) is 0 Å². The van der Waals surface area contributed by atoms with Crippen LogP contribution in [0.25, 0.3) is 10.2 Å². The number of hydrogen-bond donors (Lipinski definition) is 3. The van der Waals surface area contributed by atoms with Crippen molar-refractivity contribution in [3.8, 4) is 17.2 Å². The molecule has 0 aliphatic carbocycles. The number of nitrogens with zero attached hydrogens (tertiary/aromatic N) is 2. The molecular weight excluding hydrogens is 611 g/mol. The zero-order valence-corrected chi connectivity index (χ0v) is 25.1. The molecule has 3 aromatic carbocycles. The van der Waals surface area contributed by atoms with Crippen LogP contribution in [0.5, 0.6) is 17.2 Å². The van der Waals surface area contributed by atoms with Gasteiger partial charge in [-0.15, -0.1) is 11.3 Å². The molecule has 0 unspecified atom stereocenters. The maximum absolute atomic E-state index is 13.4. The summed E-state index contributed by atoms with van der Waals surface area (Å²) in [6.07, 6.45) is -3.22. The Bertz CT molecular complexity index is 1890. The highest BCUT2D eigenvalue weighted by molar-refractivity contribution is 7.18. The summed E-state index contributed by atoms with van der Waals surface area (Å²) in [6.45, 7) is 1.75. The number of aromatic nitrogens is 2. The van der Waals surface area contributed by atoms with E-state index in [-0.39, 0.29) is 16.8 Å². The summed E-state index contributed by atoms with van der Waals surface area (Å²) in [6, 6.07) is 12.4. The standard InChI is InChI=1S/C31H26F3N5O5S/c1-16-8-9-17(29(40)38-19-7-5-6-18(11-19)31(32,33)34)10-22(16)39-30(41)21-14-45-27-25(21)35-15-36-28(27)37-20-12-23(42-2)26(44-4)24(13-20)43-3/h5-15H,1-4H3,(H,38,40)(H,39,41)(H,35,36,37). The largest absolute Gasteiger partial charge is 0.493 e. The number of rotatable bonds is 9. The summed E-state index contributed by atoms with van der Waals surface area (Å²) in [7, 11) is 4.52. The first kappa shape index (κ1) is 31.1. The van der Waals surface area contributed by atoms with Crippen LogP contribution >= 0.6 is 11.3 Å². The molecule has 45 heavy (non-hydrogen) atoms. The molecule has 2 heterocycles. The third-order valence-corrected chi connectivity index (χ3v) is 7.70. The van der Waals surface area contributed by atoms with Gasteiger partial charge in [-0.2, -0.15) is 13.2 Å². The smallest absolute Gasteiger partial charge is 0.416 e. The Labute approximate surface area is 259 Å². The van der Waals surface area contributed by atoms with Crippen molar-refractivity contribution in [1.82, 2.24) is 9.97 Å². The highest BCUT2D eigenvalue weighted by atomic mass is 32.1. The third-order valence-electron chi connectivity index (χ3n) is 6.72. The molecule has 232 valence electrons. The lowest BCUT2D eigenvalue weighted by molar-refractivity contribution is -0.137. The van der Waals surface area contributed by atoms with Gasteiger partial charge >= 0.3 is 6.18 Å². The number of thiophene rings is 1. The zero-order valence-electron chi connectivity index (χ0n) is 24.3. The summed E-state index contributed by atoms with van der Waals surface area (Å²) >= 11 is 1.26. The summed E-state index contributed by atoms with van der Waals surface area (Å²) in [5, 5.41) is 10.2. The molecule has 10 nitrogen and oxygen atoms in total.